The number of nitro groups is 1. The zero-order valence-electron chi connectivity index (χ0n) is 12.2. The van der Waals surface area contributed by atoms with Gasteiger partial charge in [0.25, 0.3) is 5.69 Å². The number of amides is 1. The number of carboxylic acid groups (broad SMARTS) is 1. The summed E-state index contributed by atoms with van der Waals surface area (Å²) in [5, 5.41) is 22.3. The van der Waals surface area contributed by atoms with Gasteiger partial charge >= 0.3 is 5.97 Å². The van der Waals surface area contributed by atoms with Crippen LogP contribution in [0.5, 0.6) is 0 Å². The van der Waals surface area contributed by atoms with Gasteiger partial charge in [-0.3, -0.25) is 14.9 Å². The number of nitro benzene ring substituents is 1. The Morgan fingerprint density at radius 2 is 2.09 bits per heavy atom. The molecule has 1 aromatic carbocycles. The molecular weight excluding hydrogens is 356 g/mol. The summed E-state index contributed by atoms with van der Waals surface area (Å²) in [5.74, 6) is -1.71. The van der Waals surface area contributed by atoms with Crippen LogP contribution >= 0.6 is 15.9 Å². The molecule has 2 atom stereocenters. The number of carboxylic acids is 1. The molecule has 22 heavy (non-hydrogen) atoms. The fraction of sp³-hybridized carbons (Fsp3) is 0.429. The first-order chi connectivity index (χ1) is 10.3. The molecule has 2 N–H and O–H groups in total. The van der Waals surface area contributed by atoms with Crippen LogP contribution in [-0.2, 0) is 16.0 Å². The molecule has 8 heteroatoms. The minimum atomic E-state index is -1.08. The third-order valence-electron chi connectivity index (χ3n) is 3.39. The van der Waals surface area contributed by atoms with Gasteiger partial charge in [-0.15, -0.1) is 0 Å². The van der Waals surface area contributed by atoms with Gasteiger partial charge in [0, 0.05) is 16.6 Å². The van der Waals surface area contributed by atoms with Crippen LogP contribution < -0.4 is 5.32 Å². The van der Waals surface area contributed by atoms with Crippen molar-refractivity contribution in [1.82, 2.24) is 5.32 Å². The highest BCUT2D eigenvalue weighted by atomic mass is 79.9. The molecule has 0 saturated heterocycles. The zero-order valence-corrected chi connectivity index (χ0v) is 13.8. The SMILES string of the molecule is CC[C@H](C)[C@H](NC(=O)Cc1ccc([N+](=O)[O-])cc1Br)C(=O)O. The third kappa shape index (κ3) is 4.80. The third-order valence-corrected chi connectivity index (χ3v) is 4.13. The Morgan fingerprint density at radius 3 is 2.55 bits per heavy atom. The molecule has 0 heterocycles. The molecule has 0 aromatic heterocycles. The van der Waals surface area contributed by atoms with E-state index in [9.17, 15) is 19.7 Å². The van der Waals surface area contributed by atoms with Crippen molar-refractivity contribution in [3.05, 3.63) is 38.3 Å². The number of hydrogen-bond acceptors (Lipinski definition) is 4. The summed E-state index contributed by atoms with van der Waals surface area (Å²) >= 11 is 3.18. The number of aliphatic carboxylic acids is 1. The molecule has 0 radical (unpaired) electrons. The molecule has 0 aliphatic heterocycles. The summed E-state index contributed by atoms with van der Waals surface area (Å²) in [7, 11) is 0. The van der Waals surface area contributed by atoms with Crippen LogP contribution in [0.15, 0.2) is 22.7 Å². The van der Waals surface area contributed by atoms with E-state index in [4.69, 9.17) is 5.11 Å². The van der Waals surface area contributed by atoms with E-state index in [0.717, 1.165) is 0 Å². The topological polar surface area (TPSA) is 110 Å². The molecule has 0 aliphatic carbocycles. The summed E-state index contributed by atoms with van der Waals surface area (Å²) in [6, 6.07) is 3.14. The summed E-state index contributed by atoms with van der Waals surface area (Å²) < 4.78 is 0.437. The van der Waals surface area contributed by atoms with E-state index in [0.29, 0.717) is 16.5 Å². The van der Waals surface area contributed by atoms with E-state index in [2.05, 4.69) is 21.2 Å². The quantitative estimate of drug-likeness (QED) is 0.564. The number of nitrogens with one attached hydrogen (secondary N) is 1. The van der Waals surface area contributed by atoms with Gasteiger partial charge in [-0.05, 0) is 11.5 Å². The highest BCUT2D eigenvalue weighted by molar-refractivity contribution is 9.10. The van der Waals surface area contributed by atoms with Crippen molar-refractivity contribution in [2.45, 2.75) is 32.7 Å². The minimum absolute atomic E-state index is 0.0568. The molecular formula is C14H17BrN2O5. The minimum Gasteiger partial charge on any atom is -0.480 e. The summed E-state index contributed by atoms with van der Waals surface area (Å²) in [6.45, 7) is 3.60. The number of benzene rings is 1. The zero-order chi connectivity index (χ0) is 16.9. The Labute approximate surface area is 136 Å². The largest absolute Gasteiger partial charge is 0.480 e. The second kappa shape index (κ2) is 7.88. The van der Waals surface area contributed by atoms with Crippen LogP contribution in [0.2, 0.25) is 0 Å². The van der Waals surface area contributed by atoms with Gasteiger partial charge in [-0.1, -0.05) is 42.3 Å². The highest BCUT2D eigenvalue weighted by Gasteiger charge is 2.25. The average Bonchev–Trinajstić information content (AvgIpc) is 2.45. The molecule has 0 unspecified atom stereocenters. The van der Waals surface area contributed by atoms with Crippen molar-refractivity contribution in [2.24, 2.45) is 5.92 Å². The molecule has 1 amide bonds. The summed E-state index contributed by atoms with van der Waals surface area (Å²) in [4.78, 5) is 33.3. The van der Waals surface area contributed by atoms with Crippen LogP contribution in [0.4, 0.5) is 5.69 Å². The van der Waals surface area contributed by atoms with Crippen LogP contribution in [0.1, 0.15) is 25.8 Å². The lowest BCUT2D eigenvalue weighted by Crippen LogP contribution is -2.45. The number of non-ortho nitro benzene ring substituents is 1. The number of rotatable bonds is 7. The average molecular weight is 373 g/mol. The molecule has 0 fully saturated rings. The predicted octanol–water partition coefficient (Wildman–Crippen LogP) is 2.52. The van der Waals surface area contributed by atoms with Gasteiger partial charge in [-0.25, -0.2) is 4.79 Å². The molecule has 120 valence electrons. The Bertz CT molecular complexity index is 591. The Balaban J connectivity index is 2.80. The fourth-order valence-electron chi connectivity index (χ4n) is 1.87. The Hall–Kier alpha value is -1.96. The maximum atomic E-state index is 12.0. The van der Waals surface area contributed by atoms with Crippen LogP contribution in [0.3, 0.4) is 0 Å². The van der Waals surface area contributed by atoms with E-state index in [1.54, 1.807) is 6.92 Å². The maximum absolute atomic E-state index is 12.0. The van der Waals surface area contributed by atoms with E-state index in [1.807, 2.05) is 6.92 Å². The maximum Gasteiger partial charge on any atom is 0.326 e. The van der Waals surface area contributed by atoms with Gasteiger partial charge in [0.1, 0.15) is 6.04 Å². The van der Waals surface area contributed by atoms with Gasteiger partial charge < -0.3 is 10.4 Å². The highest BCUT2D eigenvalue weighted by Crippen LogP contribution is 2.23. The lowest BCUT2D eigenvalue weighted by Gasteiger charge is -2.20. The van der Waals surface area contributed by atoms with Crippen molar-refractivity contribution in [3.63, 3.8) is 0 Å². The van der Waals surface area contributed by atoms with Gasteiger partial charge in [-0.2, -0.15) is 0 Å². The normalized spacial score (nSPS) is 13.2. The lowest BCUT2D eigenvalue weighted by molar-refractivity contribution is -0.384. The van der Waals surface area contributed by atoms with Crippen LogP contribution in [-0.4, -0.2) is 27.9 Å². The monoisotopic (exact) mass is 372 g/mol. The first-order valence-electron chi connectivity index (χ1n) is 6.71. The number of hydrogen-bond donors (Lipinski definition) is 2. The van der Waals surface area contributed by atoms with E-state index in [1.165, 1.54) is 18.2 Å². The first kappa shape index (κ1) is 18.1. The fourth-order valence-corrected chi connectivity index (χ4v) is 2.38. The molecule has 0 saturated carbocycles. The first-order valence-corrected chi connectivity index (χ1v) is 7.50. The number of nitrogens with zero attached hydrogens (tertiary/aromatic N) is 1. The Kier molecular flexibility index (Phi) is 6.48. The molecule has 1 aromatic rings. The predicted molar refractivity (Wildman–Crippen MR) is 83.5 cm³/mol. The number of carbonyl (C=O) groups is 2. The van der Waals surface area contributed by atoms with Crippen molar-refractivity contribution < 1.29 is 19.6 Å². The van der Waals surface area contributed by atoms with Gasteiger partial charge in [0.15, 0.2) is 0 Å². The van der Waals surface area contributed by atoms with Crippen LogP contribution in [0, 0.1) is 16.0 Å². The molecule has 0 aliphatic rings. The van der Waals surface area contributed by atoms with Gasteiger partial charge in [0.2, 0.25) is 5.91 Å². The second-order valence-corrected chi connectivity index (χ2v) is 5.83. The van der Waals surface area contributed by atoms with E-state index < -0.39 is 22.8 Å². The van der Waals surface area contributed by atoms with Crippen molar-refractivity contribution >= 4 is 33.5 Å². The summed E-state index contributed by atoms with van der Waals surface area (Å²) in [5.41, 5.74) is 0.468. The molecule has 0 spiro atoms. The lowest BCUT2D eigenvalue weighted by atomic mass is 9.99. The van der Waals surface area contributed by atoms with Crippen molar-refractivity contribution in [3.8, 4) is 0 Å². The molecule has 0 bridgehead atoms. The van der Waals surface area contributed by atoms with Crippen molar-refractivity contribution in [2.75, 3.05) is 0 Å². The number of halogens is 1. The molecule has 1 rings (SSSR count). The van der Waals surface area contributed by atoms with Gasteiger partial charge in [0.05, 0.1) is 11.3 Å². The van der Waals surface area contributed by atoms with E-state index >= 15 is 0 Å². The van der Waals surface area contributed by atoms with Crippen molar-refractivity contribution in [1.29, 1.82) is 0 Å². The van der Waals surface area contributed by atoms with E-state index in [-0.39, 0.29) is 18.0 Å². The Morgan fingerprint density at radius 1 is 1.45 bits per heavy atom. The standard InChI is InChI=1S/C14H17BrN2O5/c1-3-8(2)13(14(19)20)16-12(18)6-9-4-5-10(17(21)22)7-11(9)15/h4-5,7-8,13H,3,6H2,1-2H3,(H,16,18)(H,19,20)/t8-,13-/m0/s1. The smallest absolute Gasteiger partial charge is 0.326 e. The molecule has 7 nitrogen and oxygen atoms in total. The summed E-state index contributed by atoms with van der Waals surface area (Å²) in [6.07, 6.45) is 0.567. The second-order valence-electron chi connectivity index (χ2n) is 4.98. The van der Waals surface area contributed by atoms with Crippen LogP contribution in [0.25, 0.3) is 0 Å². The number of carbonyl (C=O) groups excluding carboxylic acids is 1.